The standard InChI is InChI=1S/C16H12Cl2N2O2S/c1-9(21)19-13-4-3-11(7-12(13)18)22-8-16-20-14-6-10(17)2-5-15(14)23-16/h2-7H,8H2,1H3,(H,19,21). The molecule has 0 aliphatic carbocycles. The van der Waals surface area contributed by atoms with Gasteiger partial charge < -0.3 is 10.1 Å². The smallest absolute Gasteiger partial charge is 0.221 e. The number of halogens is 2. The number of fused-ring (bicyclic) bond motifs is 1. The molecule has 1 heterocycles. The van der Waals surface area contributed by atoms with E-state index in [2.05, 4.69) is 10.3 Å². The van der Waals surface area contributed by atoms with Crippen LogP contribution in [0.25, 0.3) is 10.2 Å². The molecule has 3 rings (SSSR count). The predicted octanol–water partition coefficient (Wildman–Crippen LogP) is 5.14. The predicted molar refractivity (Wildman–Crippen MR) is 94.7 cm³/mol. The summed E-state index contributed by atoms with van der Waals surface area (Å²) >= 11 is 13.6. The zero-order valence-corrected chi connectivity index (χ0v) is 14.4. The van der Waals surface area contributed by atoms with Gasteiger partial charge in [0.1, 0.15) is 17.4 Å². The fourth-order valence-electron chi connectivity index (χ4n) is 2.03. The fourth-order valence-corrected chi connectivity index (χ4v) is 3.28. The topological polar surface area (TPSA) is 51.2 Å². The summed E-state index contributed by atoms with van der Waals surface area (Å²) < 4.78 is 6.77. The van der Waals surface area contributed by atoms with E-state index in [0.29, 0.717) is 28.1 Å². The van der Waals surface area contributed by atoms with E-state index in [1.54, 1.807) is 29.5 Å². The number of nitrogens with zero attached hydrogens (tertiary/aromatic N) is 1. The first-order chi connectivity index (χ1) is 11.0. The third-order valence-corrected chi connectivity index (χ3v) is 4.57. The van der Waals surface area contributed by atoms with E-state index in [9.17, 15) is 4.79 Å². The molecule has 0 bridgehead atoms. The Hall–Kier alpha value is -1.82. The van der Waals surface area contributed by atoms with Crippen molar-refractivity contribution in [2.45, 2.75) is 13.5 Å². The minimum atomic E-state index is -0.172. The number of anilines is 1. The van der Waals surface area contributed by atoms with Crippen molar-refractivity contribution in [3.05, 3.63) is 51.5 Å². The molecule has 118 valence electrons. The molecule has 1 amide bonds. The number of rotatable bonds is 4. The van der Waals surface area contributed by atoms with Crippen molar-refractivity contribution >= 4 is 56.3 Å². The van der Waals surface area contributed by atoms with E-state index in [1.807, 2.05) is 18.2 Å². The Morgan fingerprint density at radius 1 is 1.26 bits per heavy atom. The summed E-state index contributed by atoms with van der Waals surface area (Å²) in [6.07, 6.45) is 0. The van der Waals surface area contributed by atoms with Crippen molar-refractivity contribution in [1.82, 2.24) is 4.98 Å². The van der Waals surface area contributed by atoms with Gasteiger partial charge in [-0.25, -0.2) is 4.98 Å². The molecule has 0 saturated carbocycles. The molecule has 0 unspecified atom stereocenters. The van der Waals surface area contributed by atoms with Crippen molar-refractivity contribution < 1.29 is 9.53 Å². The normalized spacial score (nSPS) is 10.7. The maximum Gasteiger partial charge on any atom is 0.221 e. The van der Waals surface area contributed by atoms with Crippen LogP contribution in [0.4, 0.5) is 5.69 Å². The average Bonchev–Trinajstić information content (AvgIpc) is 2.89. The Balaban J connectivity index is 1.71. The number of thiazole rings is 1. The van der Waals surface area contributed by atoms with Gasteiger partial charge in [0, 0.05) is 18.0 Å². The summed E-state index contributed by atoms with van der Waals surface area (Å²) in [7, 11) is 0. The number of nitrogens with one attached hydrogen (secondary N) is 1. The third kappa shape index (κ3) is 3.93. The van der Waals surface area contributed by atoms with E-state index >= 15 is 0 Å². The SMILES string of the molecule is CC(=O)Nc1ccc(OCc2nc3cc(Cl)ccc3s2)cc1Cl. The number of hydrogen-bond donors (Lipinski definition) is 1. The monoisotopic (exact) mass is 366 g/mol. The highest BCUT2D eigenvalue weighted by Gasteiger charge is 2.07. The Morgan fingerprint density at radius 2 is 2.09 bits per heavy atom. The van der Waals surface area contributed by atoms with E-state index in [4.69, 9.17) is 27.9 Å². The number of carbonyl (C=O) groups excluding carboxylic acids is 1. The summed E-state index contributed by atoms with van der Waals surface area (Å²) in [4.78, 5) is 15.5. The second-order valence-electron chi connectivity index (χ2n) is 4.83. The van der Waals surface area contributed by atoms with Crippen LogP contribution in [0.15, 0.2) is 36.4 Å². The van der Waals surface area contributed by atoms with Crippen LogP contribution < -0.4 is 10.1 Å². The van der Waals surface area contributed by atoms with Crippen molar-refractivity contribution in [2.24, 2.45) is 0 Å². The largest absolute Gasteiger partial charge is 0.486 e. The molecule has 2 aromatic carbocycles. The lowest BCUT2D eigenvalue weighted by Crippen LogP contribution is -2.06. The van der Waals surface area contributed by atoms with Gasteiger partial charge in [0.05, 0.1) is 20.9 Å². The fraction of sp³-hybridized carbons (Fsp3) is 0.125. The summed E-state index contributed by atoms with van der Waals surface area (Å²) in [6.45, 7) is 1.77. The molecule has 4 nitrogen and oxygen atoms in total. The summed E-state index contributed by atoms with van der Waals surface area (Å²) in [5.74, 6) is 0.440. The van der Waals surface area contributed by atoms with Crippen molar-refractivity contribution in [1.29, 1.82) is 0 Å². The highest BCUT2D eigenvalue weighted by atomic mass is 35.5. The number of carbonyl (C=O) groups is 1. The summed E-state index contributed by atoms with van der Waals surface area (Å²) in [5.41, 5.74) is 1.42. The van der Waals surface area contributed by atoms with Crippen LogP contribution in [-0.2, 0) is 11.4 Å². The van der Waals surface area contributed by atoms with Crippen molar-refractivity contribution in [3.8, 4) is 5.75 Å². The molecule has 0 aliphatic rings. The Kier molecular flexibility index (Phi) is 4.71. The maximum atomic E-state index is 11.1. The molecule has 3 aromatic rings. The zero-order chi connectivity index (χ0) is 16.4. The second kappa shape index (κ2) is 6.74. The molecular weight excluding hydrogens is 355 g/mol. The first kappa shape index (κ1) is 16.1. The number of aromatic nitrogens is 1. The summed E-state index contributed by atoms with van der Waals surface area (Å²) in [6, 6.07) is 10.7. The van der Waals surface area contributed by atoms with Gasteiger partial charge in [-0.3, -0.25) is 4.79 Å². The lowest BCUT2D eigenvalue weighted by Gasteiger charge is -2.08. The molecule has 23 heavy (non-hydrogen) atoms. The number of hydrogen-bond acceptors (Lipinski definition) is 4. The highest BCUT2D eigenvalue weighted by Crippen LogP contribution is 2.29. The Morgan fingerprint density at radius 3 is 2.83 bits per heavy atom. The number of amides is 1. The van der Waals surface area contributed by atoms with Crippen LogP contribution in [-0.4, -0.2) is 10.9 Å². The number of benzene rings is 2. The zero-order valence-electron chi connectivity index (χ0n) is 12.1. The Labute approximate surface area is 147 Å². The highest BCUT2D eigenvalue weighted by molar-refractivity contribution is 7.18. The second-order valence-corrected chi connectivity index (χ2v) is 6.79. The quantitative estimate of drug-likeness (QED) is 0.695. The van der Waals surface area contributed by atoms with E-state index in [-0.39, 0.29) is 5.91 Å². The van der Waals surface area contributed by atoms with Gasteiger partial charge in [0.25, 0.3) is 0 Å². The molecule has 0 aliphatic heterocycles. The first-order valence-corrected chi connectivity index (χ1v) is 8.33. The molecule has 0 atom stereocenters. The average molecular weight is 367 g/mol. The van der Waals surface area contributed by atoms with Gasteiger partial charge in [-0.05, 0) is 30.3 Å². The third-order valence-electron chi connectivity index (χ3n) is 3.01. The Bertz CT molecular complexity index is 880. The van der Waals surface area contributed by atoms with E-state index in [0.717, 1.165) is 15.2 Å². The van der Waals surface area contributed by atoms with E-state index in [1.165, 1.54) is 6.92 Å². The first-order valence-electron chi connectivity index (χ1n) is 6.76. The van der Waals surface area contributed by atoms with Gasteiger partial charge >= 0.3 is 0 Å². The van der Waals surface area contributed by atoms with Gasteiger partial charge in [0.2, 0.25) is 5.91 Å². The van der Waals surface area contributed by atoms with Gasteiger partial charge in [-0.15, -0.1) is 11.3 Å². The molecule has 0 radical (unpaired) electrons. The van der Waals surface area contributed by atoms with E-state index < -0.39 is 0 Å². The molecular formula is C16H12Cl2N2O2S. The minimum Gasteiger partial charge on any atom is -0.486 e. The molecule has 1 N–H and O–H groups in total. The van der Waals surface area contributed by atoms with Crippen LogP contribution in [0.2, 0.25) is 10.0 Å². The molecule has 0 spiro atoms. The van der Waals surface area contributed by atoms with Crippen molar-refractivity contribution in [2.75, 3.05) is 5.32 Å². The molecule has 1 aromatic heterocycles. The van der Waals surface area contributed by atoms with Crippen molar-refractivity contribution in [3.63, 3.8) is 0 Å². The van der Waals surface area contributed by atoms with Crippen LogP contribution >= 0.6 is 34.5 Å². The van der Waals surface area contributed by atoms with Crippen LogP contribution in [0.3, 0.4) is 0 Å². The molecule has 0 fully saturated rings. The van der Waals surface area contributed by atoms with Crippen LogP contribution in [0.5, 0.6) is 5.75 Å². The number of ether oxygens (including phenoxy) is 1. The minimum absolute atomic E-state index is 0.172. The van der Waals surface area contributed by atoms with Gasteiger partial charge in [-0.2, -0.15) is 0 Å². The van der Waals surface area contributed by atoms with Gasteiger partial charge in [0.15, 0.2) is 0 Å². The summed E-state index contributed by atoms with van der Waals surface area (Å²) in [5, 5.41) is 4.59. The molecule has 0 saturated heterocycles. The lowest BCUT2D eigenvalue weighted by molar-refractivity contribution is -0.114. The lowest BCUT2D eigenvalue weighted by atomic mass is 10.3. The van der Waals surface area contributed by atoms with Crippen LogP contribution in [0, 0.1) is 0 Å². The molecule has 7 heteroatoms. The van der Waals surface area contributed by atoms with Gasteiger partial charge in [-0.1, -0.05) is 23.2 Å². The maximum absolute atomic E-state index is 11.1. The van der Waals surface area contributed by atoms with Crippen LogP contribution in [0.1, 0.15) is 11.9 Å².